The Labute approximate surface area is 114 Å². The predicted octanol–water partition coefficient (Wildman–Crippen LogP) is 1.32. The second-order valence-corrected chi connectivity index (χ2v) is 4.12. The molecule has 0 aliphatic rings. The number of carbonyl (C=O) groups excluding carboxylic acids is 1. The molecule has 0 aliphatic carbocycles. The number of methoxy groups -OCH3 is 1. The molecule has 0 fully saturated rings. The molecule has 0 radical (unpaired) electrons. The van der Waals surface area contributed by atoms with Crippen molar-refractivity contribution in [3.05, 3.63) is 24.3 Å². The van der Waals surface area contributed by atoms with Gasteiger partial charge in [0.05, 0.1) is 13.7 Å². The highest BCUT2D eigenvalue weighted by atomic mass is 16.5. The highest BCUT2D eigenvalue weighted by molar-refractivity contribution is 5.75. The number of nitrogens with one attached hydrogen (secondary N) is 1. The molecule has 0 saturated heterocycles. The first-order chi connectivity index (χ1) is 9.26. The van der Waals surface area contributed by atoms with E-state index in [1.165, 1.54) is 0 Å². The summed E-state index contributed by atoms with van der Waals surface area (Å²) in [5.41, 5.74) is 5.33. The van der Waals surface area contributed by atoms with E-state index in [1.807, 2.05) is 24.3 Å². The number of nitrogens with two attached hydrogens (primary N) is 1. The predicted molar refractivity (Wildman–Crippen MR) is 74.4 cm³/mol. The van der Waals surface area contributed by atoms with Crippen molar-refractivity contribution < 1.29 is 14.3 Å². The van der Waals surface area contributed by atoms with E-state index in [-0.39, 0.29) is 5.91 Å². The Morgan fingerprint density at radius 3 is 2.53 bits per heavy atom. The van der Waals surface area contributed by atoms with Crippen LogP contribution in [0.1, 0.15) is 19.3 Å². The zero-order valence-corrected chi connectivity index (χ0v) is 11.4. The number of hydrogen-bond acceptors (Lipinski definition) is 4. The maximum Gasteiger partial charge on any atom is 0.220 e. The molecule has 3 N–H and O–H groups in total. The average Bonchev–Trinajstić information content (AvgIpc) is 2.45. The van der Waals surface area contributed by atoms with E-state index in [2.05, 4.69) is 5.32 Å². The second kappa shape index (κ2) is 9.22. The van der Waals surface area contributed by atoms with Crippen molar-refractivity contribution in [3.8, 4) is 11.5 Å². The number of carbonyl (C=O) groups is 1. The minimum absolute atomic E-state index is 0.0508. The first kappa shape index (κ1) is 15.3. The van der Waals surface area contributed by atoms with Gasteiger partial charge in [-0.2, -0.15) is 0 Å². The Balaban J connectivity index is 2.08. The molecular formula is C14H22N2O3. The fourth-order valence-electron chi connectivity index (χ4n) is 1.51. The van der Waals surface area contributed by atoms with Crippen LogP contribution in [0, 0.1) is 0 Å². The van der Waals surface area contributed by atoms with Gasteiger partial charge in [0.1, 0.15) is 11.5 Å². The van der Waals surface area contributed by atoms with Gasteiger partial charge in [-0.3, -0.25) is 4.79 Å². The molecule has 1 amide bonds. The molecule has 0 aromatic heterocycles. The van der Waals surface area contributed by atoms with E-state index in [9.17, 15) is 4.79 Å². The molecule has 0 atom stereocenters. The number of hydrogen-bond donors (Lipinski definition) is 2. The highest BCUT2D eigenvalue weighted by Gasteiger charge is 1.99. The van der Waals surface area contributed by atoms with Gasteiger partial charge in [-0.15, -0.1) is 0 Å². The van der Waals surface area contributed by atoms with E-state index >= 15 is 0 Å². The molecule has 0 saturated carbocycles. The fourth-order valence-corrected chi connectivity index (χ4v) is 1.51. The monoisotopic (exact) mass is 266 g/mol. The summed E-state index contributed by atoms with van der Waals surface area (Å²) in [6.45, 7) is 1.75. The summed E-state index contributed by atoms with van der Waals surface area (Å²) in [5, 5.41) is 2.83. The van der Waals surface area contributed by atoms with Gasteiger partial charge in [-0.1, -0.05) is 0 Å². The Morgan fingerprint density at radius 1 is 1.21 bits per heavy atom. The van der Waals surface area contributed by atoms with E-state index in [0.717, 1.165) is 24.3 Å². The van der Waals surface area contributed by atoms with Gasteiger partial charge < -0.3 is 20.5 Å². The van der Waals surface area contributed by atoms with Gasteiger partial charge in [0.2, 0.25) is 5.91 Å². The normalized spacial score (nSPS) is 10.0. The maximum atomic E-state index is 11.3. The summed E-state index contributed by atoms with van der Waals surface area (Å²) in [7, 11) is 1.63. The molecule has 5 nitrogen and oxygen atoms in total. The third-order valence-corrected chi connectivity index (χ3v) is 2.58. The van der Waals surface area contributed by atoms with Gasteiger partial charge in [-0.05, 0) is 43.7 Å². The minimum Gasteiger partial charge on any atom is -0.497 e. The lowest BCUT2D eigenvalue weighted by Gasteiger charge is -2.08. The minimum atomic E-state index is 0.0508. The maximum absolute atomic E-state index is 11.3. The molecular weight excluding hydrogens is 244 g/mol. The van der Waals surface area contributed by atoms with Crippen LogP contribution in [0.4, 0.5) is 0 Å². The first-order valence-corrected chi connectivity index (χ1v) is 6.50. The molecule has 1 rings (SSSR count). The van der Waals surface area contributed by atoms with Crippen molar-refractivity contribution in [2.24, 2.45) is 5.73 Å². The summed E-state index contributed by atoms with van der Waals surface area (Å²) in [6, 6.07) is 7.42. The van der Waals surface area contributed by atoms with Crippen LogP contribution < -0.4 is 20.5 Å². The van der Waals surface area contributed by atoms with Crippen LogP contribution in [0.15, 0.2) is 24.3 Å². The van der Waals surface area contributed by atoms with E-state index < -0.39 is 0 Å². The lowest BCUT2D eigenvalue weighted by atomic mass is 10.3. The van der Waals surface area contributed by atoms with Crippen molar-refractivity contribution in [1.82, 2.24) is 5.32 Å². The van der Waals surface area contributed by atoms with Gasteiger partial charge in [0, 0.05) is 13.0 Å². The van der Waals surface area contributed by atoms with Crippen LogP contribution in [-0.2, 0) is 4.79 Å². The Bertz CT molecular complexity index is 365. The topological polar surface area (TPSA) is 73.6 Å². The van der Waals surface area contributed by atoms with E-state index in [1.54, 1.807) is 7.11 Å². The lowest BCUT2D eigenvalue weighted by molar-refractivity contribution is -0.121. The second-order valence-electron chi connectivity index (χ2n) is 4.12. The highest BCUT2D eigenvalue weighted by Crippen LogP contribution is 2.16. The Morgan fingerprint density at radius 2 is 1.89 bits per heavy atom. The first-order valence-electron chi connectivity index (χ1n) is 6.50. The molecule has 19 heavy (non-hydrogen) atoms. The molecule has 0 unspecified atom stereocenters. The molecule has 106 valence electrons. The van der Waals surface area contributed by atoms with Crippen molar-refractivity contribution in [1.29, 1.82) is 0 Å². The van der Waals surface area contributed by atoms with Crippen LogP contribution in [0.2, 0.25) is 0 Å². The summed E-state index contributed by atoms with van der Waals surface area (Å²) in [6.07, 6.45) is 2.00. The molecule has 0 aliphatic heterocycles. The zero-order chi connectivity index (χ0) is 13.9. The zero-order valence-electron chi connectivity index (χ0n) is 11.4. The SMILES string of the molecule is COc1ccc(OCCCNC(=O)CCCN)cc1. The van der Waals surface area contributed by atoms with Crippen molar-refractivity contribution in [3.63, 3.8) is 0 Å². The quantitative estimate of drug-likeness (QED) is 0.661. The molecule has 0 spiro atoms. The van der Waals surface area contributed by atoms with Crippen molar-refractivity contribution >= 4 is 5.91 Å². The largest absolute Gasteiger partial charge is 0.497 e. The molecule has 0 heterocycles. The van der Waals surface area contributed by atoms with Gasteiger partial charge in [0.25, 0.3) is 0 Å². The average molecular weight is 266 g/mol. The third kappa shape index (κ3) is 6.67. The smallest absolute Gasteiger partial charge is 0.220 e. The number of benzene rings is 1. The Hall–Kier alpha value is -1.75. The summed E-state index contributed by atoms with van der Waals surface area (Å²) >= 11 is 0. The van der Waals surface area contributed by atoms with Crippen molar-refractivity contribution in [2.45, 2.75) is 19.3 Å². The molecule has 5 heteroatoms. The number of ether oxygens (including phenoxy) is 2. The molecule has 1 aromatic rings. The van der Waals surface area contributed by atoms with Crippen molar-refractivity contribution in [2.75, 3.05) is 26.8 Å². The standard InChI is InChI=1S/C14H22N2O3/c1-18-12-5-7-13(8-6-12)19-11-3-10-16-14(17)4-2-9-15/h5-8H,2-4,9-11,15H2,1H3,(H,16,17). The van der Waals surface area contributed by atoms with Crippen LogP contribution in [-0.4, -0.2) is 32.7 Å². The summed E-state index contributed by atoms with van der Waals surface area (Å²) in [5.74, 6) is 1.66. The number of amides is 1. The number of rotatable bonds is 9. The molecule has 1 aromatic carbocycles. The molecule has 0 bridgehead atoms. The van der Waals surface area contributed by atoms with Crippen LogP contribution in [0.5, 0.6) is 11.5 Å². The van der Waals surface area contributed by atoms with Gasteiger partial charge in [0.15, 0.2) is 0 Å². The third-order valence-electron chi connectivity index (χ3n) is 2.58. The lowest BCUT2D eigenvalue weighted by Crippen LogP contribution is -2.25. The van der Waals surface area contributed by atoms with E-state index in [0.29, 0.717) is 26.1 Å². The summed E-state index contributed by atoms with van der Waals surface area (Å²) in [4.78, 5) is 11.3. The van der Waals surface area contributed by atoms with Crippen LogP contribution in [0.3, 0.4) is 0 Å². The van der Waals surface area contributed by atoms with Crippen LogP contribution >= 0.6 is 0 Å². The van der Waals surface area contributed by atoms with Gasteiger partial charge >= 0.3 is 0 Å². The van der Waals surface area contributed by atoms with Crippen LogP contribution in [0.25, 0.3) is 0 Å². The van der Waals surface area contributed by atoms with Gasteiger partial charge in [-0.25, -0.2) is 0 Å². The fraction of sp³-hybridized carbons (Fsp3) is 0.500. The summed E-state index contributed by atoms with van der Waals surface area (Å²) < 4.78 is 10.6. The Kier molecular flexibility index (Phi) is 7.43. The van der Waals surface area contributed by atoms with E-state index in [4.69, 9.17) is 15.2 Å².